The molecule has 12 nitrogen and oxygen atoms in total. The quantitative estimate of drug-likeness (QED) is 0.161. The third kappa shape index (κ3) is 7.79. The number of halogens is 2. The van der Waals surface area contributed by atoms with Crippen molar-refractivity contribution in [1.82, 2.24) is 20.3 Å². The first-order valence-corrected chi connectivity index (χ1v) is 20.1. The minimum absolute atomic E-state index is 0.0356. The highest BCUT2D eigenvalue weighted by atomic mass is 19.1. The van der Waals surface area contributed by atoms with E-state index in [0.717, 1.165) is 55.2 Å². The van der Waals surface area contributed by atoms with Gasteiger partial charge in [-0.3, -0.25) is 4.79 Å². The number of hydrogen-bond donors (Lipinski definition) is 2. The Hall–Kier alpha value is -5.68. The summed E-state index contributed by atoms with van der Waals surface area (Å²) in [5.74, 6) is 3.40. The smallest absolute Gasteiger partial charge is 0.318 e. The maximum Gasteiger partial charge on any atom is 0.318 e. The van der Waals surface area contributed by atoms with Gasteiger partial charge in [0.1, 0.15) is 36.0 Å². The Kier molecular flexibility index (Phi) is 11.0. The van der Waals surface area contributed by atoms with Crippen molar-refractivity contribution >= 4 is 39.7 Å². The van der Waals surface area contributed by atoms with E-state index < -0.39 is 17.5 Å². The van der Waals surface area contributed by atoms with E-state index in [2.05, 4.69) is 34.5 Å². The molecule has 0 bridgehead atoms. The Morgan fingerprint density at radius 3 is 2.81 bits per heavy atom. The molecule has 4 aliphatic rings. The minimum Gasteiger partial charge on any atom is -0.508 e. The molecule has 6 heterocycles. The van der Waals surface area contributed by atoms with Gasteiger partial charge in [0.25, 0.3) is 0 Å². The van der Waals surface area contributed by atoms with Crippen molar-refractivity contribution in [2.45, 2.75) is 76.3 Å². The molecule has 2 N–H and O–H groups in total. The molecule has 1 unspecified atom stereocenters. The molecule has 2 aromatic heterocycles. The molecule has 3 fully saturated rings. The first-order valence-electron chi connectivity index (χ1n) is 20.1. The molecule has 58 heavy (non-hydrogen) atoms. The van der Waals surface area contributed by atoms with Gasteiger partial charge in [-0.1, -0.05) is 18.6 Å². The first-order chi connectivity index (χ1) is 28.0. The largest absolute Gasteiger partial charge is 0.508 e. The molecule has 4 aromatic rings. The minimum atomic E-state index is -1.07. The van der Waals surface area contributed by atoms with Crippen LogP contribution in [0.3, 0.4) is 0 Å². The van der Waals surface area contributed by atoms with E-state index in [1.165, 1.54) is 12.1 Å². The number of hydrogen-bond acceptors (Lipinski definition) is 11. The van der Waals surface area contributed by atoms with Crippen LogP contribution >= 0.6 is 0 Å². The molecule has 4 aliphatic heterocycles. The van der Waals surface area contributed by atoms with Gasteiger partial charge in [0, 0.05) is 61.3 Å². The number of pyridine rings is 1. The molecule has 8 rings (SSSR count). The zero-order valence-corrected chi connectivity index (χ0v) is 33.1. The predicted octanol–water partition coefficient (Wildman–Crippen LogP) is 5.69. The van der Waals surface area contributed by atoms with Crippen molar-refractivity contribution < 1.29 is 28.2 Å². The Labute approximate surface area is 337 Å². The summed E-state index contributed by atoms with van der Waals surface area (Å²) >= 11 is 0. The number of alkyl halides is 1. The van der Waals surface area contributed by atoms with Gasteiger partial charge in [0.05, 0.1) is 61.0 Å². The van der Waals surface area contributed by atoms with E-state index in [-0.39, 0.29) is 54.9 Å². The van der Waals surface area contributed by atoms with Crippen molar-refractivity contribution in [3.05, 3.63) is 77.9 Å². The van der Waals surface area contributed by atoms with Crippen molar-refractivity contribution in [2.24, 2.45) is 0 Å². The van der Waals surface area contributed by atoms with Gasteiger partial charge in [0.2, 0.25) is 5.91 Å². The Morgan fingerprint density at radius 2 is 2.03 bits per heavy atom. The second-order valence-corrected chi connectivity index (χ2v) is 16.1. The van der Waals surface area contributed by atoms with Gasteiger partial charge < -0.3 is 39.5 Å². The first kappa shape index (κ1) is 39.2. The van der Waals surface area contributed by atoms with Crippen molar-refractivity contribution in [3.63, 3.8) is 0 Å². The summed E-state index contributed by atoms with van der Waals surface area (Å²) in [5, 5.41) is 15.0. The number of rotatable bonds is 9. The number of nitrogens with one attached hydrogen (secondary N) is 1. The monoisotopic (exact) mass is 792 g/mol. The number of ether oxygens (including phenoxy) is 2. The highest BCUT2D eigenvalue weighted by Gasteiger charge is 2.44. The number of carbonyl (C=O) groups excluding carboxylic acids is 1. The summed E-state index contributed by atoms with van der Waals surface area (Å²) in [6, 6.07) is 10.3. The normalized spacial score (nSPS) is 23.6. The number of amides is 1. The van der Waals surface area contributed by atoms with E-state index in [0.29, 0.717) is 61.4 Å². The summed E-state index contributed by atoms with van der Waals surface area (Å²) in [4.78, 5) is 35.7. The van der Waals surface area contributed by atoms with Gasteiger partial charge in [0.15, 0.2) is 0 Å². The summed E-state index contributed by atoms with van der Waals surface area (Å²) in [6.45, 7) is 12.2. The Morgan fingerprint density at radius 1 is 1.17 bits per heavy atom. The third-order valence-corrected chi connectivity index (χ3v) is 12.0. The number of nitrogens with zero attached hydrogens (tertiary/aromatic N) is 7. The highest BCUT2D eigenvalue weighted by molar-refractivity contribution is 6.00. The average molecular weight is 793 g/mol. The second kappa shape index (κ2) is 16.3. The highest BCUT2D eigenvalue weighted by Crippen LogP contribution is 2.40. The SMILES string of the molecule is C#Cc1c(F)ccc2cc(O)cc(N3CCc4c(nc(OC[C@]5(C)C[C@@H](F)CN5c5ccc(N6CCOC[C@H]6C)nc5)nc4N4CCCCC(NC(=O)C=C)C4)C3)c12. The van der Waals surface area contributed by atoms with Crippen LogP contribution in [0.5, 0.6) is 11.8 Å². The molecule has 3 saturated heterocycles. The fourth-order valence-electron chi connectivity index (χ4n) is 9.05. The van der Waals surface area contributed by atoms with Crippen LogP contribution in [0.25, 0.3) is 10.8 Å². The number of fused-ring (bicyclic) bond motifs is 2. The lowest BCUT2D eigenvalue weighted by atomic mass is 9.98. The van der Waals surface area contributed by atoms with Crippen LogP contribution in [0, 0.1) is 18.2 Å². The summed E-state index contributed by atoms with van der Waals surface area (Å²) < 4.78 is 42.6. The van der Waals surface area contributed by atoms with Crippen molar-refractivity contribution in [2.75, 3.05) is 72.1 Å². The number of aromatic hydroxyl groups is 1. The van der Waals surface area contributed by atoms with Crippen molar-refractivity contribution in [1.29, 1.82) is 0 Å². The standard InChI is InChI=1S/C44H50F2N8O4/c1-5-34-36(46)12-10-29-19-33(55)20-38(41(29)34)51-16-14-35-37(25-51)49-43(50-42(35)52-15-8-7-9-31(24-52)48-40(56)6-2)58-27-44(4)21-30(45)23-54(44)32-11-13-39(47-22-32)53-17-18-57-26-28(53)3/h1,6,10-13,19-20,22,28,30-31,55H,2,7-9,14-18,21,23-27H2,3-4H3,(H,48,56)/t28-,30-,31?,44+/m1/s1. The molecule has 0 aliphatic carbocycles. The van der Waals surface area contributed by atoms with Crippen LogP contribution in [0.4, 0.5) is 31.8 Å². The van der Waals surface area contributed by atoms with Gasteiger partial charge in [-0.05, 0) is 75.3 Å². The van der Waals surface area contributed by atoms with Crippen LogP contribution < -0.4 is 29.7 Å². The fourth-order valence-corrected chi connectivity index (χ4v) is 9.05. The molecule has 0 saturated carbocycles. The molecular formula is C44H50F2N8O4. The summed E-state index contributed by atoms with van der Waals surface area (Å²) in [5.41, 5.74) is 2.46. The van der Waals surface area contributed by atoms with E-state index in [4.69, 9.17) is 30.8 Å². The third-order valence-electron chi connectivity index (χ3n) is 12.0. The van der Waals surface area contributed by atoms with Crippen LogP contribution in [0.2, 0.25) is 0 Å². The molecule has 304 valence electrons. The van der Waals surface area contributed by atoms with Crippen LogP contribution in [-0.2, 0) is 22.5 Å². The topological polar surface area (TPSA) is 119 Å². The summed E-state index contributed by atoms with van der Waals surface area (Å²) in [6.07, 6.45) is 11.3. The van der Waals surface area contributed by atoms with Gasteiger partial charge >= 0.3 is 6.01 Å². The number of benzene rings is 2. The average Bonchev–Trinajstić information content (AvgIpc) is 3.35. The summed E-state index contributed by atoms with van der Waals surface area (Å²) in [7, 11) is 0. The molecule has 1 amide bonds. The van der Waals surface area contributed by atoms with Gasteiger partial charge in [-0.15, -0.1) is 6.42 Å². The molecule has 2 aromatic carbocycles. The fraction of sp³-hybridized carbons (Fsp3) is 0.455. The lowest BCUT2D eigenvalue weighted by Gasteiger charge is -2.37. The Balaban J connectivity index is 1.12. The predicted molar refractivity (Wildman–Crippen MR) is 221 cm³/mol. The zero-order valence-electron chi connectivity index (χ0n) is 33.1. The van der Waals surface area contributed by atoms with Gasteiger partial charge in [-0.2, -0.15) is 9.97 Å². The Bertz CT molecular complexity index is 2230. The molecule has 0 radical (unpaired) electrons. The van der Waals surface area contributed by atoms with Crippen LogP contribution in [0.1, 0.15) is 56.4 Å². The number of aromatic nitrogens is 3. The van der Waals surface area contributed by atoms with Crippen molar-refractivity contribution in [3.8, 4) is 24.1 Å². The number of terminal acetylenes is 1. The maximum absolute atomic E-state index is 15.4. The van der Waals surface area contributed by atoms with Gasteiger partial charge in [-0.25, -0.2) is 13.8 Å². The van der Waals surface area contributed by atoms with E-state index in [9.17, 15) is 9.90 Å². The van der Waals surface area contributed by atoms with E-state index in [1.54, 1.807) is 24.4 Å². The molecule has 0 spiro atoms. The lowest BCUT2D eigenvalue weighted by molar-refractivity contribution is -0.117. The second-order valence-electron chi connectivity index (χ2n) is 16.1. The maximum atomic E-state index is 15.4. The zero-order chi connectivity index (χ0) is 40.6. The molecule has 14 heteroatoms. The molecular weight excluding hydrogens is 743 g/mol. The van der Waals surface area contributed by atoms with E-state index in [1.807, 2.05) is 28.9 Å². The molecule has 4 atom stereocenters. The number of carbonyl (C=O) groups is 1. The van der Waals surface area contributed by atoms with Crippen LogP contribution in [0.15, 0.2) is 55.3 Å². The number of morpholine rings is 1. The number of phenolic OH excluding ortho intramolecular Hbond substituents is 1. The number of anilines is 4. The lowest BCUT2D eigenvalue weighted by Crippen LogP contribution is -2.47. The van der Waals surface area contributed by atoms with Crippen LogP contribution in [-0.4, -0.2) is 102 Å². The number of phenols is 1. The van der Waals surface area contributed by atoms with E-state index >= 15 is 8.78 Å².